The van der Waals surface area contributed by atoms with E-state index >= 15 is 0 Å². The fraction of sp³-hybridized carbons (Fsp3) is 1.00. The Morgan fingerprint density at radius 2 is 1.89 bits per heavy atom. The zero-order chi connectivity index (χ0) is 5.84. The summed E-state index contributed by atoms with van der Waals surface area (Å²) >= 11 is 0. The van der Waals surface area contributed by atoms with Gasteiger partial charge in [0.05, 0.1) is 0 Å². The van der Waals surface area contributed by atoms with Gasteiger partial charge in [-0.15, -0.1) is 0 Å². The average molecular weight is 125 g/mol. The average Bonchev–Trinajstić information content (AvgIpc) is 2.13. The molecule has 0 radical (unpaired) electrons. The summed E-state index contributed by atoms with van der Waals surface area (Å²) in [5.41, 5.74) is 6.49. The molecule has 4 atom stereocenters. The van der Waals surface area contributed by atoms with E-state index in [1.807, 2.05) is 0 Å². The highest BCUT2D eigenvalue weighted by molar-refractivity contribution is 5.15. The van der Waals surface area contributed by atoms with Crippen LogP contribution in [-0.4, -0.2) is 25.2 Å². The topological polar surface area (TPSA) is 36.1 Å². The maximum Gasteiger partial charge on any atom is 0.0324 e. The molecule has 3 rings (SSSR count). The van der Waals surface area contributed by atoms with Crippen LogP contribution < -0.4 is 16.2 Å². The third-order valence-corrected chi connectivity index (χ3v) is 3.04. The summed E-state index contributed by atoms with van der Waals surface area (Å²) in [5, 5.41) is 3.44. The Balaban J connectivity index is 1.85. The van der Waals surface area contributed by atoms with Gasteiger partial charge in [0.1, 0.15) is 0 Å². The lowest BCUT2D eigenvalue weighted by atomic mass is 9.61. The molecular weight excluding hydrogens is 114 g/mol. The van der Waals surface area contributed by atoms with Crippen molar-refractivity contribution in [3.63, 3.8) is 0 Å². The highest BCUT2D eigenvalue weighted by Gasteiger charge is 2.57. The van der Waals surface area contributed by atoms with Crippen LogP contribution in [-0.2, 0) is 0 Å². The lowest BCUT2D eigenvalue weighted by Crippen LogP contribution is -2.74. The number of rotatable bonds is 0. The molecule has 3 N–H and O–H groups in total. The van der Waals surface area contributed by atoms with Gasteiger partial charge < -0.3 is 5.32 Å². The van der Waals surface area contributed by atoms with Crippen molar-refractivity contribution in [1.82, 2.24) is 16.2 Å². The minimum absolute atomic E-state index is 0.802. The van der Waals surface area contributed by atoms with E-state index in [4.69, 9.17) is 0 Å². The minimum atomic E-state index is 0.802. The van der Waals surface area contributed by atoms with Gasteiger partial charge in [-0.2, -0.15) is 0 Å². The van der Waals surface area contributed by atoms with Crippen LogP contribution in [0.1, 0.15) is 0 Å². The van der Waals surface area contributed by atoms with Crippen molar-refractivity contribution in [2.24, 2.45) is 11.8 Å². The van der Waals surface area contributed by atoms with Crippen LogP contribution in [0.5, 0.6) is 0 Å². The van der Waals surface area contributed by atoms with Crippen molar-refractivity contribution in [2.75, 3.05) is 13.1 Å². The summed E-state index contributed by atoms with van der Waals surface area (Å²) in [6.45, 7) is 2.40. The summed E-state index contributed by atoms with van der Waals surface area (Å²) < 4.78 is 0. The third-order valence-electron chi connectivity index (χ3n) is 3.04. The van der Waals surface area contributed by atoms with Gasteiger partial charge in [-0.25, -0.2) is 0 Å². The minimum Gasteiger partial charge on any atom is -0.313 e. The molecule has 0 spiro atoms. The zero-order valence-electron chi connectivity index (χ0n) is 5.22. The molecule has 0 unspecified atom stereocenters. The van der Waals surface area contributed by atoms with Gasteiger partial charge in [0.15, 0.2) is 0 Å². The van der Waals surface area contributed by atoms with Gasteiger partial charge in [-0.1, -0.05) is 0 Å². The second kappa shape index (κ2) is 1.31. The Morgan fingerprint density at radius 3 is 2.56 bits per heavy atom. The highest BCUT2D eigenvalue weighted by Crippen LogP contribution is 2.41. The largest absolute Gasteiger partial charge is 0.313 e. The maximum atomic E-state index is 3.44. The molecule has 0 bridgehead atoms. The molecule has 0 aromatic carbocycles. The second-order valence-corrected chi connectivity index (χ2v) is 3.31. The normalized spacial score (nSPS) is 61.3. The Bertz CT molecular complexity index is 131. The van der Waals surface area contributed by atoms with Crippen LogP contribution in [0.15, 0.2) is 0 Å². The first kappa shape index (κ1) is 4.66. The molecule has 2 heterocycles. The van der Waals surface area contributed by atoms with Crippen LogP contribution in [0, 0.1) is 11.8 Å². The molecule has 1 saturated carbocycles. The van der Waals surface area contributed by atoms with E-state index in [0.29, 0.717) is 0 Å². The lowest BCUT2D eigenvalue weighted by Gasteiger charge is -2.56. The van der Waals surface area contributed by atoms with Gasteiger partial charge in [-0.05, 0) is 0 Å². The summed E-state index contributed by atoms with van der Waals surface area (Å²) in [5.74, 6) is 1.84. The predicted octanol–water partition coefficient (Wildman–Crippen LogP) is -1.32. The van der Waals surface area contributed by atoms with E-state index in [1.54, 1.807) is 0 Å². The lowest BCUT2D eigenvalue weighted by molar-refractivity contribution is 0.0129. The van der Waals surface area contributed by atoms with Gasteiger partial charge in [-0.3, -0.25) is 10.9 Å². The number of nitrogens with one attached hydrogen (secondary N) is 3. The smallest absolute Gasteiger partial charge is 0.0324 e. The van der Waals surface area contributed by atoms with Crippen LogP contribution in [0.4, 0.5) is 0 Å². The predicted molar refractivity (Wildman–Crippen MR) is 33.7 cm³/mol. The fourth-order valence-electron chi connectivity index (χ4n) is 2.37. The molecule has 3 nitrogen and oxygen atoms in total. The van der Waals surface area contributed by atoms with Crippen LogP contribution in [0.2, 0.25) is 0 Å². The Labute approximate surface area is 54.2 Å². The number of piperidine rings is 1. The van der Waals surface area contributed by atoms with Crippen LogP contribution in [0.25, 0.3) is 0 Å². The SMILES string of the molecule is C1NN[C@@H]2[C@H]1[C@H]1NC[C@@H]12. The number of hydrogen-bond donors (Lipinski definition) is 3. The second-order valence-electron chi connectivity index (χ2n) is 3.31. The molecular formula is C6H11N3. The van der Waals surface area contributed by atoms with E-state index in [-0.39, 0.29) is 0 Å². The van der Waals surface area contributed by atoms with E-state index in [2.05, 4.69) is 16.2 Å². The molecule has 3 heteroatoms. The Hall–Kier alpha value is -0.120. The summed E-state index contributed by atoms with van der Waals surface area (Å²) in [7, 11) is 0. The summed E-state index contributed by atoms with van der Waals surface area (Å²) in [6, 6.07) is 1.66. The van der Waals surface area contributed by atoms with Crippen LogP contribution >= 0.6 is 0 Å². The quantitative estimate of drug-likeness (QED) is 0.376. The molecule has 0 aromatic rings. The number of hydrogen-bond acceptors (Lipinski definition) is 3. The standard InChI is InChI=1S/C6H11N3/c1-3-5(7-1)4-2-8-9-6(3)4/h3-9H,1-2H2/t3-,4+,5-,6-/m0/s1. The fourth-order valence-corrected chi connectivity index (χ4v) is 2.37. The molecule has 50 valence electrons. The van der Waals surface area contributed by atoms with E-state index < -0.39 is 0 Å². The van der Waals surface area contributed by atoms with Crippen molar-refractivity contribution >= 4 is 0 Å². The first-order valence-corrected chi connectivity index (χ1v) is 3.68. The zero-order valence-corrected chi connectivity index (χ0v) is 5.22. The molecule has 0 amide bonds. The van der Waals surface area contributed by atoms with Crippen molar-refractivity contribution in [3.05, 3.63) is 0 Å². The van der Waals surface area contributed by atoms with Gasteiger partial charge in [0.25, 0.3) is 0 Å². The van der Waals surface area contributed by atoms with Crippen LogP contribution in [0.3, 0.4) is 0 Å². The summed E-state index contributed by atoms with van der Waals surface area (Å²) in [6.07, 6.45) is 0. The Morgan fingerprint density at radius 1 is 1.00 bits per heavy atom. The Kier molecular flexibility index (Phi) is 0.678. The molecule has 2 aliphatic heterocycles. The van der Waals surface area contributed by atoms with Gasteiger partial charge >= 0.3 is 0 Å². The highest BCUT2D eigenvalue weighted by atomic mass is 15.4. The van der Waals surface area contributed by atoms with Gasteiger partial charge in [0.2, 0.25) is 0 Å². The molecule has 0 aromatic heterocycles. The van der Waals surface area contributed by atoms with Crippen molar-refractivity contribution in [2.45, 2.75) is 12.1 Å². The molecule has 3 aliphatic rings. The monoisotopic (exact) mass is 125 g/mol. The molecule has 9 heavy (non-hydrogen) atoms. The van der Waals surface area contributed by atoms with Crippen molar-refractivity contribution in [3.8, 4) is 0 Å². The van der Waals surface area contributed by atoms with E-state index in [0.717, 1.165) is 23.9 Å². The number of hydrazine groups is 1. The van der Waals surface area contributed by atoms with Crippen molar-refractivity contribution in [1.29, 1.82) is 0 Å². The third kappa shape index (κ3) is 0.377. The molecule has 2 saturated heterocycles. The molecule has 1 aliphatic carbocycles. The first-order valence-electron chi connectivity index (χ1n) is 3.68. The summed E-state index contributed by atoms with van der Waals surface area (Å²) in [4.78, 5) is 0. The maximum absolute atomic E-state index is 3.44. The molecule has 3 fully saturated rings. The first-order chi connectivity index (χ1) is 4.47. The van der Waals surface area contributed by atoms with E-state index in [9.17, 15) is 0 Å². The number of fused-ring (bicyclic) bond motifs is 4. The van der Waals surface area contributed by atoms with E-state index in [1.165, 1.54) is 13.1 Å². The van der Waals surface area contributed by atoms with Crippen molar-refractivity contribution < 1.29 is 0 Å². The van der Waals surface area contributed by atoms with Gasteiger partial charge in [0, 0.05) is 37.0 Å².